The summed E-state index contributed by atoms with van der Waals surface area (Å²) >= 11 is 5.32. The van der Waals surface area contributed by atoms with Crippen LogP contribution in [0.1, 0.15) is 20.7 Å². The summed E-state index contributed by atoms with van der Waals surface area (Å²) in [6.45, 7) is 0. The number of carbonyl (C=O) groups excluding carboxylic acids is 2. The molecular formula is C19H20N2O6S. The van der Waals surface area contributed by atoms with Gasteiger partial charge in [0.1, 0.15) is 0 Å². The highest BCUT2D eigenvalue weighted by Gasteiger charge is 2.16. The molecule has 2 aromatic rings. The minimum Gasteiger partial charge on any atom is -0.493 e. The molecule has 0 aliphatic carbocycles. The van der Waals surface area contributed by atoms with Crippen molar-refractivity contribution in [2.45, 2.75) is 0 Å². The second-order valence-corrected chi connectivity index (χ2v) is 5.80. The van der Waals surface area contributed by atoms with Gasteiger partial charge in [-0.3, -0.25) is 0 Å². The molecule has 0 spiro atoms. The van der Waals surface area contributed by atoms with Crippen LogP contribution in [-0.4, -0.2) is 45.5 Å². The molecule has 0 bridgehead atoms. The maximum absolute atomic E-state index is 12.0. The Bertz CT molecular complexity index is 900. The molecule has 0 aliphatic rings. The molecule has 148 valence electrons. The molecule has 0 amide bonds. The number of rotatable bonds is 6. The molecule has 8 nitrogen and oxygen atoms in total. The summed E-state index contributed by atoms with van der Waals surface area (Å²) in [4.78, 5) is 23.8. The van der Waals surface area contributed by atoms with Gasteiger partial charge >= 0.3 is 11.9 Å². The van der Waals surface area contributed by atoms with E-state index in [2.05, 4.69) is 10.6 Å². The monoisotopic (exact) mass is 404 g/mol. The third-order valence-corrected chi connectivity index (χ3v) is 3.94. The lowest BCUT2D eigenvalue weighted by atomic mass is 10.1. The molecule has 9 heteroatoms. The predicted octanol–water partition coefficient (Wildman–Crippen LogP) is 3.09. The SMILES string of the molecule is COC(=O)c1ccc(C(=O)OC)c(NC(=S)Nc2ccc(OC)c(OC)c2)c1. The largest absolute Gasteiger partial charge is 0.493 e. The Kier molecular flexibility index (Phi) is 7.16. The Balaban J connectivity index is 2.26. The van der Waals surface area contributed by atoms with E-state index in [1.807, 2.05) is 0 Å². The van der Waals surface area contributed by atoms with Gasteiger partial charge in [0.05, 0.1) is 45.3 Å². The summed E-state index contributed by atoms with van der Waals surface area (Å²) < 4.78 is 19.9. The Hall–Kier alpha value is -3.33. The third-order valence-electron chi connectivity index (χ3n) is 3.74. The summed E-state index contributed by atoms with van der Waals surface area (Å²) in [6, 6.07) is 9.57. The van der Waals surface area contributed by atoms with Gasteiger partial charge in [-0.25, -0.2) is 9.59 Å². The highest BCUT2D eigenvalue weighted by molar-refractivity contribution is 7.80. The molecule has 2 rings (SSSR count). The van der Waals surface area contributed by atoms with Gasteiger partial charge in [-0.1, -0.05) is 0 Å². The van der Waals surface area contributed by atoms with Gasteiger partial charge in [-0.05, 0) is 42.5 Å². The van der Waals surface area contributed by atoms with Crippen molar-refractivity contribution >= 4 is 40.6 Å². The van der Waals surface area contributed by atoms with Crippen LogP contribution in [0.5, 0.6) is 11.5 Å². The minimum absolute atomic E-state index is 0.194. The average Bonchev–Trinajstić information content (AvgIpc) is 2.72. The van der Waals surface area contributed by atoms with Crippen LogP contribution in [-0.2, 0) is 9.47 Å². The van der Waals surface area contributed by atoms with E-state index in [4.69, 9.17) is 31.2 Å². The van der Waals surface area contributed by atoms with Crippen LogP contribution in [0, 0.1) is 0 Å². The maximum atomic E-state index is 12.0. The van der Waals surface area contributed by atoms with E-state index in [-0.39, 0.29) is 16.2 Å². The molecule has 0 aromatic heterocycles. The summed E-state index contributed by atoms with van der Waals surface area (Å²) in [5.41, 5.74) is 1.41. The van der Waals surface area contributed by atoms with E-state index >= 15 is 0 Å². The number of benzene rings is 2. The van der Waals surface area contributed by atoms with Crippen molar-refractivity contribution in [2.24, 2.45) is 0 Å². The summed E-state index contributed by atoms with van der Waals surface area (Å²) in [6.07, 6.45) is 0. The van der Waals surface area contributed by atoms with Gasteiger partial charge in [-0.15, -0.1) is 0 Å². The van der Waals surface area contributed by atoms with Crippen molar-refractivity contribution < 1.29 is 28.5 Å². The number of ether oxygens (including phenoxy) is 4. The first-order chi connectivity index (χ1) is 13.4. The number of anilines is 2. The zero-order valence-corrected chi connectivity index (χ0v) is 16.6. The van der Waals surface area contributed by atoms with Gasteiger partial charge < -0.3 is 29.6 Å². The van der Waals surface area contributed by atoms with Gasteiger partial charge in [-0.2, -0.15) is 0 Å². The molecule has 0 fully saturated rings. The normalized spacial score (nSPS) is 9.86. The number of hydrogen-bond acceptors (Lipinski definition) is 7. The molecule has 0 unspecified atom stereocenters. The van der Waals surface area contributed by atoms with E-state index in [0.29, 0.717) is 22.9 Å². The van der Waals surface area contributed by atoms with Crippen LogP contribution >= 0.6 is 12.2 Å². The van der Waals surface area contributed by atoms with Gasteiger partial charge in [0, 0.05) is 11.8 Å². The van der Waals surface area contributed by atoms with E-state index in [1.165, 1.54) is 39.5 Å². The second-order valence-electron chi connectivity index (χ2n) is 5.39. The third kappa shape index (κ3) is 4.89. The Labute approximate surface area is 167 Å². The minimum atomic E-state index is -0.576. The van der Waals surface area contributed by atoms with E-state index in [9.17, 15) is 9.59 Å². The highest BCUT2D eigenvalue weighted by Crippen LogP contribution is 2.30. The molecule has 0 aliphatic heterocycles. The smallest absolute Gasteiger partial charge is 0.339 e. The first-order valence-corrected chi connectivity index (χ1v) is 8.45. The molecule has 2 N–H and O–H groups in total. The van der Waals surface area contributed by atoms with Crippen molar-refractivity contribution in [2.75, 3.05) is 39.1 Å². The van der Waals surface area contributed by atoms with Crippen LogP contribution in [0.3, 0.4) is 0 Å². The molecule has 0 heterocycles. The fourth-order valence-corrected chi connectivity index (χ4v) is 2.61. The van der Waals surface area contributed by atoms with Gasteiger partial charge in [0.15, 0.2) is 16.6 Å². The average molecular weight is 404 g/mol. The van der Waals surface area contributed by atoms with Crippen molar-refractivity contribution in [1.29, 1.82) is 0 Å². The molecule has 0 radical (unpaired) electrons. The van der Waals surface area contributed by atoms with Crippen LogP contribution in [0.15, 0.2) is 36.4 Å². The number of nitrogens with one attached hydrogen (secondary N) is 2. The second kappa shape index (κ2) is 9.56. The standard InChI is InChI=1S/C19H20N2O6S/c1-24-15-8-6-12(10-16(15)25-2)20-19(28)21-14-9-11(17(22)26-3)5-7-13(14)18(23)27-4/h5-10H,1-4H3,(H2,20,21,28). The lowest BCUT2D eigenvalue weighted by Gasteiger charge is -2.15. The van der Waals surface area contributed by atoms with E-state index in [1.54, 1.807) is 25.3 Å². The number of methoxy groups -OCH3 is 4. The lowest BCUT2D eigenvalue weighted by Crippen LogP contribution is -2.21. The topological polar surface area (TPSA) is 95.1 Å². The van der Waals surface area contributed by atoms with Gasteiger partial charge in [0.25, 0.3) is 0 Å². The van der Waals surface area contributed by atoms with E-state index in [0.717, 1.165) is 0 Å². The first kappa shape index (κ1) is 21.0. The summed E-state index contributed by atoms with van der Waals surface area (Å²) in [5, 5.41) is 6.07. The van der Waals surface area contributed by atoms with Crippen LogP contribution in [0.25, 0.3) is 0 Å². The van der Waals surface area contributed by atoms with Gasteiger partial charge in [0.2, 0.25) is 0 Å². The first-order valence-electron chi connectivity index (χ1n) is 8.04. The Morgan fingerprint density at radius 1 is 0.821 bits per heavy atom. The zero-order chi connectivity index (χ0) is 20.7. The quantitative estimate of drug-likeness (QED) is 0.556. The number of esters is 2. The molecule has 0 saturated heterocycles. The van der Waals surface area contributed by atoms with Crippen molar-refractivity contribution in [1.82, 2.24) is 0 Å². The zero-order valence-electron chi connectivity index (χ0n) is 15.8. The highest BCUT2D eigenvalue weighted by atomic mass is 32.1. The van der Waals surface area contributed by atoms with Crippen molar-refractivity contribution in [3.05, 3.63) is 47.5 Å². The summed E-state index contributed by atoms with van der Waals surface area (Å²) in [5.74, 6) is -0.0185. The Morgan fingerprint density at radius 2 is 1.50 bits per heavy atom. The number of carbonyl (C=O) groups is 2. The van der Waals surface area contributed by atoms with Crippen molar-refractivity contribution in [3.8, 4) is 11.5 Å². The fourth-order valence-electron chi connectivity index (χ4n) is 2.38. The lowest BCUT2D eigenvalue weighted by molar-refractivity contribution is 0.0587. The molecule has 0 saturated carbocycles. The molecule has 2 aromatic carbocycles. The molecule has 28 heavy (non-hydrogen) atoms. The molecular weight excluding hydrogens is 384 g/mol. The maximum Gasteiger partial charge on any atom is 0.339 e. The molecule has 0 atom stereocenters. The number of thiocarbonyl (C=S) groups is 1. The van der Waals surface area contributed by atoms with Crippen molar-refractivity contribution in [3.63, 3.8) is 0 Å². The summed E-state index contributed by atoms with van der Waals surface area (Å²) in [7, 11) is 5.60. The van der Waals surface area contributed by atoms with Crippen LogP contribution < -0.4 is 20.1 Å². The number of hydrogen-bond donors (Lipinski definition) is 2. The fraction of sp³-hybridized carbons (Fsp3) is 0.211. The Morgan fingerprint density at radius 3 is 2.11 bits per heavy atom. The van der Waals surface area contributed by atoms with Crippen LogP contribution in [0.2, 0.25) is 0 Å². The predicted molar refractivity (Wildman–Crippen MR) is 109 cm³/mol. The van der Waals surface area contributed by atoms with E-state index < -0.39 is 11.9 Å². The van der Waals surface area contributed by atoms with Crippen LogP contribution in [0.4, 0.5) is 11.4 Å².